The van der Waals surface area contributed by atoms with E-state index in [9.17, 15) is 30.3 Å². The maximum absolute atomic E-state index is 13.1. The van der Waals surface area contributed by atoms with E-state index in [4.69, 9.17) is 9.47 Å². The molecule has 9 nitrogen and oxygen atoms in total. The van der Waals surface area contributed by atoms with Gasteiger partial charge in [0.05, 0.1) is 25.4 Å². The molecule has 0 aromatic heterocycles. The molecule has 1 saturated heterocycles. The van der Waals surface area contributed by atoms with Crippen molar-refractivity contribution in [3.8, 4) is 0 Å². The zero-order chi connectivity index (χ0) is 52.9. The molecule has 0 bridgehead atoms. The van der Waals surface area contributed by atoms with Crippen LogP contribution < -0.4 is 5.32 Å². The van der Waals surface area contributed by atoms with Crippen LogP contribution in [0.3, 0.4) is 0 Å². The summed E-state index contributed by atoms with van der Waals surface area (Å²) in [6.07, 6.45) is 63.8. The maximum Gasteiger partial charge on any atom is 0.220 e. The van der Waals surface area contributed by atoms with Crippen molar-refractivity contribution >= 4 is 5.91 Å². The van der Waals surface area contributed by atoms with Crippen LogP contribution in [-0.4, -0.2) is 87.5 Å². The Kier molecular flexibility index (Phi) is 51.2. The molecule has 7 unspecified atom stereocenters. The van der Waals surface area contributed by atoms with E-state index in [1.165, 1.54) is 250 Å². The molecule has 7 atom stereocenters. The molecule has 6 N–H and O–H groups in total. The molecule has 0 saturated carbocycles. The Morgan fingerprint density at radius 3 is 1.15 bits per heavy atom. The first-order chi connectivity index (χ1) is 35.8. The van der Waals surface area contributed by atoms with Crippen molar-refractivity contribution in [3.63, 3.8) is 0 Å². The van der Waals surface area contributed by atoms with Gasteiger partial charge in [-0.2, -0.15) is 0 Å². The number of amides is 1. The van der Waals surface area contributed by atoms with E-state index in [2.05, 4.69) is 43.5 Å². The summed E-state index contributed by atoms with van der Waals surface area (Å²) in [4.78, 5) is 13.1. The summed E-state index contributed by atoms with van der Waals surface area (Å²) in [7, 11) is 0. The molecule has 1 fully saturated rings. The van der Waals surface area contributed by atoms with E-state index >= 15 is 0 Å². The molecule has 9 heteroatoms. The number of nitrogens with one attached hydrogen (secondary N) is 1. The summed E-state index contributed by atoms with van der Waals surface area (Å²) in [5.74, 6) is -0.182. The van der Waals surface area contributed by atoms with Crippen LogP contribution in [-0.2, 0) is 14.3 Å². The largest absolute Gasteiger partial charge is 0.394 e. The van der Waals surface area contributed by atoms with Gasteiger partial charge in [0.2, 0.25) is 5.91 Å². The number of carbonyl (C=O) groups excluding carboxylic acids is 1. The Hall–Kier alpha value is -1.59. The summed E-state index contributed by atoms with van der Waals surface area (Å²) < 4.78 is 11.3. The molecule has 1 amide bonds. The van der Waals surface area contributed by atoms with Crippen LogP contribution in [0.4, 0.5) is 0 Å². The highest BCUT2D eigenvalue weighted by molar-refractivity contribution is 5.76. The van der Waals surface area contributed by atoms with Gasteiger partial charge >= 0.3 is 0 Å². The van der Waals surface area contributed by atoms with Gasteiger partial charge < -0.3 is 40.3 Å². The molecule has 1 heterocycles. The van der Waals surface area contributed by atoms with Gasteiger partial charge in [-0.25, -0.2) is 0 Å². The highest BCUT2D eigenvalue weighted by atomic mass is 16.7. The van der Waals surface area contributed by atoms with E-state index in [-0.39, 0.29) is 12.5 Å². The predicted molar refractivity (Wildman–Crippen MR) is 309 cm³/mol. The van der Waals surface area contributed by atoms with Gasteiger partial charge in [0.25, 0.3) is 0 Å². The van der Waals surface area contributed by atoms with Gasteiger partial charge in [-0.15, -0.1) is 0 Å². The van der Waals surface area contributed by atoms with Crippen molar-refractivity contribution in [1.82, 2.24) is 5.32 Å². The maximum atomic E-state index is 13.1. The van der Waals surface area contributed by atoms with Crippen LogP contribution >= 0.6 is 0 Å². The van der Waals surface area contributed by atoms with Crippen LogP contribution in [0.1, 0.15) is 309 Å². The van der Waals surface area contributed by atoms with E-state index in [1.807, 2.05) is 6.08 Å². The number of rotatable bonds is 55. The fourth-order valence-corrected chi connectivity index (χ4v) is 10.2. The second-order valence-corrected chi connectivity index (χ2v) is 22.2. The Morgan fingerprint density at radius 2 is 0.781 bits per heavy atom. The zero-order valence-corrected chi connectivity index (χ0v) is 47.9. The minimum Gasteiger partial charge on any atom is -0.394 e. The Morgan fingerprint density at radius 1 is 0.452 bits per heavy atom. The SMILES string of the molecule is CCCCCCCCCCCCC/C=C/CC/C=C/C(O)C(COC1OC(CO)C(O)C(O)C1O)NC(=O)CCCCCCCCCCCCCCCCCCC/C=C\CCCCCCCCCCCCCC. The number of unbranched alkanes of at least 4 members (excludes halogenated alkanes) is 41. The quantitative estimate of drug-likeness (QED) is 0.0261. The lowest BCUT2D eigenvalue weighted by Gasteiger charge is -2.40. The van der Waals surface area contributed by atoms with E-state index in [0.717, 1.165) is 38.5 Å². The van der Waals surface area contributed by atoms with Crippen LogP contribution in [0.5, 0.6) is 0 Å². The van der Waals surface area contributed by atoms with E-state index < -0.39 is 49.5 Å². The highest BCUT2D eigenvalue weighted by Gasteiger charge is 2.44. The number of carbonyl (C=O) groups is 1. The molecule has 0 aromatic rings. The fraction of sp³-hybridized carbons (Fsp3) is 0.891. The number of hydrogen-bond acceptors (Lipinski definition) is 8. The lowest BCUT2D eigenvalue weighted by atomic mass is 9.99. The van der Waals surface area contributed by atoms with Crippen molar-refractivity contribution in [2.24, 2.45) is 0 Å². The third-order valence-corrected chi connectivity index (χ3v) is 15.2. The first-order valence-corrected chi connectivity index (χ1v) is 31.7. The van der Waals surface area contributed by atoms with E-state index in [0.29, 0.717) is 6.42 Å². The Labute approximate surface area is 451 Å². The number of ether oxygens (including phenoxy) is 2. The molecular formula is C64H121NO8. The number of hydrogen-bond donors (Lipinski definition) is 6. The van der Waals surface area contributed by atoms with Crippen molar-refractivity contribution in [2.75, 3.05) is 13.2 Å². The molecule has 1 rings (SSSR count). The molecule has 1 aliphatic rings. The minimum atomic E-state index is -1.57. The van der Waals surface area contributed by atoms with Crippen LogP contribution in [0.2, 0.25) is 0 Å². The second-order valence-electron chi connectivity index (χ2n) is 22.2. The van der Waals surface area contributed by atoms with Crippen LogP contribution in [0.15, 0.2) is 36.5 Å². The normalized spacial score (nSPS) is 19.2. The summed E-state index contributed by atoms with van der Waals surface area (Å²) in [6.45, 7) is 3.80. The average Bonchev–Trinajstić information content (AvgIpc) is 3.39. The standard InChI is InChI=1S/C64H121NO8/c1-3-5-7-9-11-13-15-17-19-21-22-23-24-25-26-27-28-29-30-31-32-33-34-35-36-38-40-42-44-46-48-50-52-54-60(68)65-57(56-72-64-63(71)62(70)61(69)59(55-66)73-64)58(67)53-51-49-47-45-43-41-39-37-20-18-16-14-12-10-8-6-4-2/h25-26,43,45,51,53,57-59,61-64,66-67,69-71H,3-24,27-42,44,46-50,52,54-56H2,1-2H3,(H,65,68)/b26-25-,45-43+,53-51+. The summed E-state index contributed by atoms with van der Waals surface area (Å²) in [6, 6.07) is -0.820. The Balaban J connectivity index is 2.13. The van der Waals surface area contributed by atoms with Gasteiger partial charge in [-0.3, -0.25) is 4.79 Å². The monoisotopic (exact) mass is 1030 g/mol. The first kappa shape index (κ1) is 69.4. The lowest BCUT2D eigenvalue weighted by molar-refractivity contribution is -0.302. The third kappa shape index (κ3) is 43.1. The molecule has 73 heavy (non-hydrogen) atoms. The van der Waals surface area contributed by atoms with Crippen molar-refractivity contribution in [3.05, 3.63) is 36.5 Å². The van der Waals surface area contributed by atoms with Gasteiger partial charge in [-0.05, 0) is 57.8 Å². The smallest absolute Gasteiger partial charge is 0.220 e. The summed E-state index contributed by atoms with van der Waals surface area (Å²) >= 11 is 0. The summed E-state index contributed by atoms with van der Waals surface area (Å²) in [5.41, 5.74) is 0. The van der Waals surface area contributed by atoms with Crippen molar-refractivity contribution < 1.29 is 39.8 Å². The van der Waals surface area contributed by atoms with Gasteiger partial charge in [-0.1, -0.05) is 281 Å². The lowest BCUT2D eigenvalue weighted by Crippen LogP contribution is -2.60. The fourth-order valence-electron chi connectivity index (χ4n) is 10.2. The molecule has 430 valence electrons. The molecular weight excluding hydrogens is 911 g/mol. The van der Waals surface area contributed by atoms with Gasteiger partial charge in [0, 0.05) is 6.42 Å². The molecule has 0 spiro atoms. The molecule has 1 aliphatic heterocycles. The highest BCUT2D eigenvalue weighted by Crippen LogP contribution is 2.23. The minimum absolute atomic E-state index is 0.182. The van der Waals surface area contributed by atoms with Crippen molar-refractivity contribution in [1.29, 1.82) is 0 Å². The average molecular weight is 1030 g/mol. The molecule has 0 aliphatic carbocycles. The van der Waals surface area contributed by atoms with Crippen LogP contribution in [0.25, 0.3) is 0 Å². The topological polar surface area (TPSA) is 149 Å². The zero-order valence-electron chi connectivity index (χ0n) is 47.9. The summed E-state index contributed by atoms with van der Waals surface area (Å²) in [5, 5.41) is 54.5. The molecule has 0 aromatic carbocycles. The molecule has 0 radical (unpaired) electrons. The van der Waals surface area contributed by atoms with Gasteiger partial charge in [0.1, 0.15) is 24.4 Å². The third-order valence-electron chi connectivity index (χ3n) is 15.2. The second kappa shape index (κ2) is 53.8. The predicted octanol–water partition coefficient (Wildman–Crippen LogP) is 16.3. The van der Waals surface area contributed by atoms with Crippen molar-refractivity contribution in [2.45, 2.75) is 352 Å². The van der Waals surface area contributed by atoms with Gasteiger partial charge in [0.15, 0.2) is 6.29 Å². The van der Waals surface area contributed by atoms with E-state index in [1.54, 1.807) is 6.08 Å². The number of aliphatic hydroxyl groups is 5. The Bertz CT molecular complexity index is 1240. The number of aliphatic hydroxyl groups excluding tert-OH is 5. The first-order valence-electron chi connectivity index (χ1n) is 31.7. The van der Waals surface area contributed by atoms with Crippen LogP contribution in [0, 0.1) is 0 Å². The number of allylic oxidation sites excluding steroid dienone is 5.